The second-order valence-corrected chi connectivity index (χ2v) is 7.34. The highest BCUT2D eigenvalue weighted by Crippen LogP contribution is 2.37. The summed E-state index contributed by atoms with van der Waals surface area (Å²) in [7, 11) is 0. The maximum Gasteiger partial charge on any atom is 0.304 e. The molecule has 0 atom stereocenters. The Bertz CT molecular complexity index is 995. The Labute approximate surface area is 168 Å². The van der Waals surface area contributed by atoms with E-state index in [9.17, 15) is 9.18 Å². The van der Waals surface area contributed by atoms with E-state index in [-0.39, 0.29) is 32.0 Å². The third-order valence-corrected chi connectivity index (χ3v) is 5.25. The summed E-state index contributed by atoms with van der Waals surface area (Å²) in [4.78, 5) is 11.1. The molecule has 1 aliphatic heterocycles. The molecule has 0 aliphatic carbocycles. The Balaban J connectivity index is 1.43. The lowest BCUT2D eigenvalue weighted by atomic mass is 9.76. The third-order valence-electron chi connectivity index (χ3n) is 5.25. The van der Waals surface area contributed by atoms with Crippen molar-refractivity contribution in [1.29, 1.82) is 0 Å². The largest absolute Gasteiger partial charge is 0.486 e. The fourth-order valence-corrected chi connectivity index (χ4v) is 3.54. The van der Waals surface area contributed by atoms with Gasteiger partial charge in [0, 0.05) is 0 Å². The Morgan fingerprint density at radius 1 is 1.00 bits per heavy atom. The molecule has 1 fully saturated rings. The molecule has 0 amide bonds. The highest BCUT2D eigenvalue weighted by atomic mass is 19.1. The van der Waals surface area contributed by atoms with Crippen LogP contribution in [-0.4, -0.2) is 24.3 Å². The van der Waals surface area contributed by atoms with Crippen molar-refractivity contribution in [2.45, 2.75) is 18.4 Å². The average Bonchev–Trinajstić information content (AvgIpc) is 2.71. The highest BCUT2D eigenvalue weighted by Gasteiger charge is 2.42. The topological polar surface area (TPSA) is 55.8 Å². The van der Waals surface area contributed by atoms with Crippen LogP contribution in [0.5, 0.6) is 5.75 Å². The normalized spacial score (nSPS) is 14.8. The molecule has 5 heteroatoms. The molecule has 1 N–H and O–H groups in total. The molecule has 29 heavy (non-hydrogen) atoms. The van der Waals surface area contributed by atoms with E-state index in [1.54, 1.807) is 12.1 Å². The van der Waals surface area contributed by atoms with Crippen LogP contribution < -0.4 is 4.74 Å². The number of carboxylic acids is 1. The first-order valence-electron chi connectivity index (χ1n) is 9.42. The minimum atomic E-state index is -0.923. The SMILES string of the molecule is O=C(O)CC1(c2ccc(OCc3ccc(-c4ccccc4)cc3)c(F)c2)COC1. The van der Waals surface area contributed by atoms with E-state index in [0.717, 1.165) is 16.7 Å². The number of halogens is 1. The van der Waals surface area contributed by atoms with Crippen molar-refractivity contribution >= 4 is 5.97 Å². The first-order valence-corrected chi connectivity index (χ1v) is 9.42. The summed E-state index contributed by atoms with van der Waals surface area (Å²) >= 11 is 0. The molecule has 0 radical (unpaired) electrons. The predicted molar refractivity (Wildman–Crippen MR) is 107 cm³/mol. The van der Waals surface area contributed by atoms with Crippen molar-refractivity contribution in [2.75, 3.05) is 13.2 Å². The van der Waals surface area contributed by atoms with Gasteiger partial charge in [0.1, 0.15) is 6.61 Å². The molecule has 3 aromatic rings. The Morgan fingerprint density at radius 3 is 2.28 bits per heavy atom. The maximum atomic E-state index is 14.6. The molecular weight excluding hydrogens is 371 g/mol. The molecule has 4 rings (SSSR count). The van der Waals surface area contributed by atoms with E-state index in [2.05, 4.69) is 0 Å². The highest BCUT2D eigenvalue weighted by molar-refractivity contribution is 5.69. The summed E-state index contributed by atoms with van der Waals surface area (Å²) in [6.45, 7) is 0.814. The van der Waals surface area contributed by atoms with Gasteiger partial charge in [0.25, 0.3) is 0 Å². The van der Waals surface area contributed by atoms with Crippen LogP contribution in [0.15, 0.2) is 72.8 Å². The Kier molecular flexibility index (Phi) is 5.32. The molecule has 0 bridgehead atoms. The zero-order valence-corrected chi connectivity index (χ0v) is 15.8. The van der Waals surface area contributed by atoms with Gasteiger partial charge in [-0.05, 0) is 34.4 Å². The average molecular weight is 392 g/mol. The first-order chi connectivity index (χ1) is 14.1. The third kappa shape index (κ3) is 4.15. The molecule has 1 saturated heterocycles. The molecule has 0 spiro atoms. The zero-order valence-electron chi connectivity index (χ0n) is 15.8. The summed E-state index contributed by atoms with van der Waals surface area (Å²) in [5, 5.41) is 9.13. The smallest absolute Gasteiger partial charge is 0.304 e. The Morgan fingerprint density at radius 2 is 1.69 bits per heavy atom. The first kappa shape index (κ1) is 19.2. The minimum Gasteiger partial charge on any atom is -0.486 e. The van der Waals surface area contributed by atoms with Crippen LogP contribution in [0.3, 0.4) is 0 Å². The van der Waals surface area contributed by atoms with E-state index in [1.165, 1.54) is 6.07 Å². The number of hydrogen-bond donors (Lipinski definition) is 1. The van der Waals surface area contributed by atoms with Crippen molar-refractivity contribution in [3.63, 3.8) is 0 Å². The molecule has 0 saturated carbocycles. The van der Waals surface area contributed by atoms with E-state index in [0.29, 0.717) is 5.56 Å². The zero-order chi connectivity index (χ0) is 20.3. The van der Waals surface area contributed by atoms with Gasteiger partial charge in [-0.25, -0.2) is 4.39 Å². The van der Waals surface area contributed by atoms with Crippen LogP contribution in [0.4, 0.5) is 4.39 Å². The van der Waals surface area contributed by atoms with Crippen LogP contribution in [0.1, 0.15) is 17.5 Å². The van der Waals surface area contributed by atoms with Crippen LogP contribution in [0.25, 0.3) is 11.1 Å². The predicted octanol–water partition coefficient (Wildman–Crippen LogP) is 4.81. The summed E-state index contributed by atoms with van der Waals surface area (Å²) in [5.74, 6) is -1.28. The number of carbonyl (C=O) groups is 1. The minimum absolute atomic E-state index is 0.0829. The molecule has 1 aliphatic rings. The van der Waals surface area contributed by atoms with Crippen LogP contribution in [-0.2, 0) is 21.6 Å². The lowest BCUT2D eigenvalue weighted by molar-refractivity contribution is -0.145. The van der Waals surface area contributed by atoms with Gasteiger partial charge in [-0.1, -0.05) is 60.7 Å². The van der Waals surface area contributed by atoms with Gasteiger partial charge in [-0.15, -0.1) is 0 Å². The number of carboxylic acid groups (broad SMARTS) is 1. The fourth-order valence-electron chi connectivity index (χ4n) is 3.54. The van der Waals surface area contributed by atoms with Gasteiger partial charge in [0.2, 0.25) is 0 Å². The lowest BCUT2D eigenvalue weighted by Crippen LogP contribution is -2.48. The number of hydrogen-bond acceptors (Lipinski definition) is 3. The number of aliphatic carboxylic acids is 1. The van der Waals surface area contributed by atoms with Gasteiger partial charge < -0.3 is 14.6 Å². The molecule has 0 aromatic heterocycles. The van der Waals surface area contributed by atoms with Crippen molar-refractivity contribution in [2.24, 2.45) is 0 Å². The second kappa shape index (κ2) is 8.05. The van der Waals surface area contributed by atoms with Crippen molar-refractivity contribution < 1.29 is 23.8 Å². The fraction of sp³-hybridized carbons (Fsp3) is 0.208. The number of ether oxygens (including phenoxy) is 2. The van der Waals surface area contributed by atoms with E-state index in [1.807, 2.05) is 54.6 Å². The van der Waals surface area contributed by atoms with Gasteiger partial charge in [0.15, 0.2) is 11.6 Å². The van der Waals surface area contributed by atoms with E-state index in [4.69, 9.17) is 14.6 Å². The van der Waals surface area contributed by atoms with Gasteiger partial charge in [-0.3, -0.25) is 4.79 Å². The molecule has 3 aromatic carbocycles. The summed E-state index contributed by atoms with van der Waals surface area (Å²) < 4.78 is 25.4. The monoisotopic (exact) mass is 392 g/mol. The second-order valence-electron chi connectivity index (χ2n) is 7.34. The van der Waals surface area contributed by atoms with Crippen LogP contribution >= 0.6 is 0 Å². The van der Waals surface area contributed by atoms with Gasteiger partial charge in [-0.2, -0.15) is 0 Å². The summed E-state index contributed by atoms with van der Waals surface area (Å²) in [6, 6.07) is 22.7. The van der Waals surface area contributed by atoms with Crippen LogP contribution in [0, 0.1) is 5.82 Å². The lowest BCUT2D eigenvalue weighted by Gasteiger charge is -2.40. The number of benzene rings is 3. The standard InChI is InChI=1S/C24H21FO4/c25-21-12-20(24(13-23(26)27)15-28-16-24)10-11-22(21)29-14-17-6-8-19(9-7-17)18-4-2-1-3-5-18/h1-12H,13-16H2,(H,26,27). The summed E-state index contributed by atoms with van der Waals surface area (Å²) in [5.41, 5.74) is 3.15. The van der Waals surface area contributed by atoms with Crippen molar-refractivity contribution in [3.05, 3.63) is 89.7 Å². The molecule has 4 nitrogen and oxygen atoms in total. The van der Waals surface area contributed by atoms with Crippen molar-refractivity contribution in [1.82, 2.24) is 0 Å². The molecule has 1 heterocycles. The van der Waals surface area contributed by atoms with Gasteiger partial charge in [0.05, 0.1) is 25.0 Å². The summed E-state index contributed by atoms with van der Waals surface area (Å²) in [6.07, 6.45) is -0.0829. The van der Waals surface area contributed by atoms with E-state index < -0.39 is 17.2 Å². The van der Waals surface area contributed by atoms with Crippen molar-refractivity contribution in [3.8, 4) is 16.9 Å². The molecule has 148 valence electrons. The number of rotatable bonds is 7. The molecule has 0 unspecified atom stereocenters. The maximum absolute atomic E-state index is 14.6. The quantitative estimate of drug-likeness (QED) is 0.627. The van der Waals surface area contributed by atoms with Crippen LogP contribution in [0.2, 0.25) is 0 Å². The van der Waals surface area contributed by atoms with Gasteiger partial charge >= 0.3 is 5.97 Å². The molecular formula is C24H21FO4. The van der Waals surface area contributed by atoms with E-state index >= 15 is 0 Å². The Hall–Kier alpha value is -3.18.